The van der Waals surface area contributed by atoms with Gasteiger partial charge in [0.1, 0.15) is 5.75 Å². The Morgan fingerprint density at radius 1 is 1.43 bits per heavy atom. The fraction of sp³-hybridized carbons (Fsp3) is 0.562. The number of amides is 1. The predicted molar refractivity (Wildman–Crippen MR) is 90.0 cm³/mol. The molecule has 1 aromatic carbocycles. The second-order valence-corrected chi connectivity index (χ2v) is 6.80. The highest BCUT2D eigenvalue weighted by molar-refractivity contribution is 7.99. The fourth-order valence-corrected chi connectivity index (χ4v) is 3.87. The first-order valence-electron chi connectivity index (χ1n) is 7.54. The van der Waals surface area contributed by atoms with Crippen molar-refractivity contribution in [3.05, 3.63) is 18.2 Å². The van der Waals surface area contributed by atoms with Crippen LogP contribution in [0, 0.1) is 0 Å². The van der Waals surface area contributed by atoms with Gasteiger partial charge in [-0.2, -0.15) is 11.8 Å². The van der Waals surface area contributed by atoms with E-state index in [0.717, 1.165) is 17.4 Å². The molecular formula is C16H24N2O2S. The minimum Gasteiger partial charge on any atom is -0.494 e. The average molecular weight is 308 g/mol. The van der Waals surface area contributed by atoms with Gasteiger partial charge in [-0.1, -0.05) is 12.8 Å². The van der Waals surface area contributed by atoms with Gasteiger partial charge in [-0.05, 0) is 37.1 Å². The van der Waals surface area contributed by atoms with Gasteiger partial charge in [-0.15, -0.1) is 0 Å². The standard InChI is InChI=1S/C16H24N2O2S/c1-20-15-11-12(17)8-9-14(15)18-16(19)7-4-10-21-13-5-2-3-6-13/h8-9,11,13H,2-7,10,17H2,1H3,(H,18,19). The Bertz CT molecular complexity index is 473. The van der Waals surface area contributed by atoms with Gasteiger partial charge in [0.05, 0.1) is 12.8 Å². The van der Waals surface area contributed by atoms with Crippen LogP contribution < -0.4 is 15.8 Å². The van der Waals surface area contributed by atoms with Crippen LogP contribution in [-0.4, -0.2) is 24.0 Å². The van der Waals surface area contributed by atoms with Crippen LogP contribution in [-0.2, 0) is 4.79 Å². The van der Waals surface area contributed by atoms with Crippen molar-refractivity contribution in [2.24, 2.45) is 0 Å². The number of ether oxygens (including phenoxy) is 1. The van der Waals surface area contributed by atoms with E-state index in [9.17, 15) is 4.79 Å². The molecule has 0 radical (unpaired) electrons. The molecule has 0 spiro atoms. The highest BCUT2D eigenvalue weighted by atomic mass is 32.2. The van der Waals surface area contributed by atoms with E-state index < -0.39 is 0 Å². The van der Waals surface area contributed by atoms with Crippen molar-refractivity contribution in [3.63, 3.8) is 0 Å². The highest BCUT2D eigenvalue weighted by Gasteiger charge is 2.15. The van der Waals surface area contributed by atoms with Crippen LogP contribution in [0.2, 0.25) is 0 Å². The predicted octanol–water partition coefficient (Wildman–Crippen LogP) is 3.67. The monoisotopic (exact) mass is 308 g/mol. The molecule has 21 heavy (non-hydrogen) atoms. The number of nitrogens with two attached hydrogens (primary N) is 1. The van der Waals surface area contributed by atoms with Gasteiger partial charge in [0, 0.05) is 23.4 Å². The summed E-state index contributed by atoms with van der Waals surface area (Å²) in [6, 6.07) is 5.25. The Hall–Kier alpha value is -1.36. The number of rotatable bonds is 7. The van der Waals surface area contributed by atoms with E-state index in [-0.39, 0.29) is 5.91 Å². The maximum Gasteiger partial charge on any atom is 0.224 e. The zero-order valence-corrected chi connectivity index (χ0v) is 13.4. The lowest BCUT2D eigenvalue weighted by atomic mass is 10.2. The first-order chi connectivity index (χ1) is 10.2. The van der Waals surface area contributed by atoms with Gasteiger partial charge in [0.2, 0.25) is 5.91 Å². The molecule has 1 amide bonds. The van der Waals surface area contributed by atoms with E-state index in [1.807, 2.05) is 11.8 Å². The smallest absolute Gasteiger partial charge is 0.224 e. The van der Waals surface area contributed by atoms with Crippen molar-refractivity contribution in [1.82, 2.24) is 0 Å². The third-order valence-electron chi connectivity index (χ3n) is 3.70. The Morgan fingerprint density at radius 2 is 2.19 bits per heavy atom. The maximum absolute atomic E-state index is 12.0. The molecule has 0 heterocycles. The lowest BCUT2D eigenvalue weighted by Gasteiger charge is -2.11. The molecule has 0 aromatic heterocycles. The maximum atomic E-state index is 12.0. The molecule has 1 saturated carbocycles. The number of hydrogen-bond acceptors (Lipinski definition) is 4. The summed E-state index contributed by atoms with van der Waals surface area (Å²) >= 11 is 2.02. The summed E-state index contributed by atoms with van der Waals surface area (Å²) in [6.07, 6.45) is 6.90. The van der Waals surface area contributed by atoms with Crippen LogP contribution in [0.3, 0.4) is 0 Å². The lowest BCUT2D eigenvalue weighted by Crippen LogP contribution is -2.12. The van der Waals surface area contributed by atoms with E-state index in [4.69, 9.17) is 10.5 Å². The quantitative estimate of drug-likeness (QED) is 0.596. The molecule has 4 nitrogen and oxygen atoms in total. The van der Waals surface area contributed by atoms with Gasteiger partial charge in [-0.3, -0.25) is 4.79 Å². The minimum absolute atomic E-state index is 0.0325. The molecule has 1 aliphatic rings. The number of nitrogen functional groups attached to an aromatic ring is 1. The van der Waals surface area contributed by atoms with Crippen molar-refractivity contribution in [2.45, 2.75) is 43.8 Å². The highest BCUT2D eigenvalue weighted by Crippen LogP contribution is 2.30. The van der Waals surface area contributed by atoms with Gasteiger partial charge in [0.15, 0.2) is 0 Å². The number of carbonyl (C=O) groups excluding carboxylic acids is 1. The first-order valence-corrected chi connectivity index (χ1v) is 8.59. The van der Waals surface area contributed by atoms with Crippen LogP contribution in [0.1, 0.15) is 38.5 Å². The molecule has 0 unspecified atom stereocenters. The third-order valence-corrected chi connectivity index (χ3v) is 5.17. The van der Waals surface area contributed by atoms with Crippen LogP contribution in [0.4, 0.5) is 11.4 Å². The molecule has 2 rings (SSSR count). The topological polar surface area (TPSA) is 64.3 Å². The number of benzene rings is 1. The lowest BCUT2D eigenvalue weighted by molar-refractivity contribution is -0.116. The van der Waals surface area contributed by atoms with Crippen molar-refractivity contribution >= 4 is 29.0 Å². The van der Waals surface area contributed by atoms with E-state index >= 15 is 0 Å². The van der Waals surface area contributed by atoms with E-state index in [1.54, 1.807) is 25.3 Å². The van der Waals surface area contributed by atoms with Crippen molar-refractivity contribution in [1.29, 1.82) is 0 Å². The van der Waals surface area contributed by atoms with Gasteiger partial charge in [0.25, 0.3) is 0 Å². The second-order valence-electron chi connectivity index (χ2n) is 5.39. The summed E-state index contributed by atoms with van der Waals surface area (Å²) in [6.45, 7) is 0. The Labute approximate surface area is 130 Å². The molecule has 0 saturated heterocycles. The first kappa shape index (κ1) is 16.0. The van der Waals surface area contributed by atoms with Crippen LogP contribution in [0.25, 0.3) is 0 Å². The summed E-state index contributed by atoms with van der Waals surface area (Å²) in [5, 5.41) is 3.71. The van der Waals surface area contributed by atoms with Crippen LogP contribution in [0.5, 0.6) is 5.75 Å². The molecule has 0 aliphatic heterocycles. The van der Waals surface area contributed by atoms with Gasteiger partial charge < -0.3 is 15.8 Å². The number of thioether (sulfide) groups is 1. The van der Waals surface area contributed by atoms with Crippen LogP contribution >= 0.6 is 11.8 Å². The number of carbonyl (C=O) groups is 1. The molecule has 0 atom stereocenters. The van der Waals surface area contributed by atoms with Crippen molar-refractivity contribution in [3.8, 4) is 5.75 Å². The van der Waals surface area contributed by atoms with Gasteiger partial charge >= 0.3 is 0 Å². The second kappa shape index (κ2) is 8.17. The van der Waals surface area contributed by atoms with E-state index in [0.29, 0.717) is 23.5 Å². The fourth-order valence-electron chi connectivity index (χ4n) is 2.56. The number of methoxy groups -OCH3 is 1. The summed E-state index contributed by atoms with van der Waals surface area (Å²) in [5.74, 6) is 1.70. The zero-order valence-electron chi connectivity index (χ0n) is 12.6. The SMILES string of the molecule is COc1cc(N)ccc1NC(=O)CCCSC1CCCC1. The van der Waals surface area contributed by atoms with E-state index in [1.165, 1.54) is 25.7 Å². The Balaban J connectivity index is 1.71. The van der Waals surface area contributed by atoms with Crippen molar-refractivity contribution < 1.29 is 9.53 Å². The molecule has 5 heteroatoms. The molecule has 1 aliphatic carbocycles. The number of anilines is 2. The zero-order chi connectivity index (χ0) is 15.1. The molecule has 1 aromatic rings. The Morgan fingerprint density at radius 3 is 2.90 bits per heavy atom. The summed E-state index contributed by atoms with van der Waals surface area (Å²) in [5.41, 5.74) is 7.00. The van der Waals surface area contributed by atoms with Crippen LogP contribution in [0.15, 0.2) is 18.2 Å². The molecule has 116 valence electrons. The summed E-state index contributed by atoms with van der Waals surface area (Å²) < 4.78 is 5.22. The summed E-state index contributed by atoms with van der Waals surface area (Å²) in [7, 11) is 1.57. The third kappa shape index (κ3) is 5.16. The normalized spacial score (nSPS) is 15.1. The largest absolute Gasteiger partial charge is 0.494 e. The number of nitrogens with one attached hydrogen (secondary N) is 1. The number of hydrogen-bond donors (Lipinski definition) is 2. The van der Waals surface area contributed by atoms with E-state index in [2.05, 4.69) is 5.32 Å². The molecule has 1 fully saturated rings. The minimum atomic E-state index is 0.0325. The van der Waals surface area contributed by atoms with Gasteiger partial charge in [-0.25, -0.2) is 0 Å². The average Bonchev–Trinajstić information content (AvgIpc) is 2.99. The molecule has 0 bridgehead atoms. The Kier molecular flexibility index (Phi) is 6.23. The molecule has 3 N–H and O–H groups in total. The van der Waals surface area contributed by atoms with Crippen molar-refractivity contribution in [2.75, 3.05) is 23.9 Å². The molecular weight excluding hydrogens is 284 g/mol. The summed E-state index contributed by atoms with van der Waals surface area (Å²) in [4.78, 5) is 12.0.